The Balaban J connectivity index is 1.62. The molecule has 0 saturated heterocycles. The zero-order chi connectivity index (χ0) is 18.5. The van der Waals surface area contributed by atoms with Crippen molar-refractivity contribution in [2.24, 2.45) is 0 Å². The molecule has 0 radical (unpaired) electrons. The highest BCUT2D eigenvalue weighted by Gasteiger charge is 2.17. The van der Waals surface area contributed by atoms with Gasteiger partial charge in [-0.3, -0.25) is 9.89 Å². The largest absolute Gasteiger partial charge is 0.348 e. The van der Waals surface area contributed by atoms with E-state index in [4.69, 9.17) is 0 Å². The summed E-state index contributed by atoms with van der Waals surface area (Å²) >= 11 is 3.17. The van der Waals surface area contributed by atoms with Gasteiger partial charge in [0.15, 0.2) is 5.78 Å². The number of H-pyrrole nitrogens is 1. The first kappa shape index (κ1) is 18.9. The smallest absolute Gasteiger partial charge is 0.208 e. The van der Waals surface area contributed by atoms with Crippen LogP contribution in [0.5, 0.6) is 0 Å². The molecule has 3 heterocycles. The zero-order valence-electron chi connectivity index (χ0n) is 15.4. The highest BCUT2D eigenvalue weighted by atomic mass is 32.2. The van der Waals surface area contributed by atoms with E-state index in [1.165, 1.54) is 16.6 Å². The molecule has 1 N–H and O–H groups in total. The number of aromatic amines is 1. The number of thiophene rings is 1. The summed E-state index contributed by atoms with van der Waals surface area (Å²) in [5.41, 5.74) is 2.99. The van der Waals surface area contributed by atoms with E-state index in [2.05, 4.69) is 51.1 Å². The fraction of sp³-hybridized carbons (Fsp3) is 0.421. The molecule has 0 atom stereocenters. The monoisotopic (exact) mass is 388 g/mol. The van der Waals surface area contributed by atoms with Crippen LogP contribution >= 0.6 is 23.1 Å². The first-order valence-corrected chi connectivity index (χ1v) is 10.7. The minimum atomic E-state index is 0.132. The van der Waals surface area contributed by atoms with Crippen LogP contribution in [0.1, 0.15) is 45.8 Å². The maximum atomic E-state index is 12.7. The molecule has 0 saturated carbocycles. The number of carbonyl (C=O) groups is 1. The van der Waals surface area contributed by atoms with Crippen LogP contribution in [0.3, 0.4) is 0 Å². The normalized spacial score (nSPS) is 11.2. The van der Waals surface area contributed by atoms with Gasteiger partial charge in [-0.15, -0.1) is 16.4 Å². The summed E-state index contributed by atoms with van der Waals surface area (Å²) in [5.74, 6) is 1.38. The molecule has 0 bridgehead atoms. The van der Waals surface area contributed by atoms with Crippen LogP contribution < -0.4 is 0 Å². The number of hydrogen-bond acceptors (Lipinski definition) is 5. The van der Waals surface area contributed by atoms with Crippen LogP contribution in [0.2, 0.25) is 0 Å². The van der Waals surface area contributed by atoms with Crippen LogP contribution in [0, 0.1) is 13.8 Å². The number of ketones is 1. The molecule has 0 aliphatic rings. The Morgan fingerprint density at radius 2 is 2.19 bits per heavy atom. The van der Waals surface area contributed by atoms with Crippen molar-refractivity contribution in [2.75, 3.05) is 5.75 Å². The Kier molecular flexibility index (Phi) is 6.32. The van der Waals surface area contributed by atoms with Crippen molar-refractivity contribution < 1.29 is 4.79 Å². The summed E-state index contributed by atoms with van der Waals surface area (Å²) in [6, 6.07) is 6.24. The lowest BCUT2D eigenvalue weighted by Crippen LogP contribution is -2.08. The van der Waals surface area contributed by atoms with Gasteiger partial charge in [-0.05, 0) is 44.2 Å². The van der Waals surface area contributed by atoms with Crippen molar-refractivity contribution in [3.05, 3.63) is 51.2 Å². The van der Waals surface area contributed by atoms with E-state index in [1.807, 2.05) is 13.0 Å². The second-order valence-electron chi connectivity index (χ2n) is 6.29. The minimum absolute atomic E-state index is 0.132. The number of aromatic nitrogens is 4. The van der Waals surface area contributed by atoms with Crippen LogP contribution in [0.25, 0.3) is 0 Å². The summed E-state index contributed by atoms with van der Waals surface area (Å²) in [6.45, 7) is 7.11. The summed E-state index contributed by atoms with van der Waals surface area (Å²) in [6.07, 6.45) is 2.90. The molecule has 0 unspecified atom stereocenters. The molecule has 0 spiro atoms. The molecule has 5 nitrogen and oxygen atoms in total. The Morgan fingerprint density at radius 1 is 1.35 bits per heavy atom. The molecule has 7 heteroatoms. The van der Waals surface area contributed by atoms with Gasteiger partial charge in [-0.2, -0.15) is 0 Å². The predicted molar refractivity (Wildman–Crippen MR) is 107 cm³/mol. The second kappa shape index (κ2) is 8.68. The zero-order valence-corrected chi connectivity index (χ0v) is 17.0. The van der Waals surface area contributed by atoms with Crippen LogP contribution in [-0.4, -0.2) is 31.3 Å². The third kappa shape index (κ3) is 4.45. The van der Waals surface area contributed by atoms with E-state index in [0.717, 1.165) is 48.6 Å². The molecule has 0 aliphatic carbocycles. The molecule has 0 amide bonds. The number of nitrogens with zero attached hydrogens (tertiary/aromatic N) is 3. The van der Waals surface area contributed by atoms with Gasteiger partial charge in [0.25, 0.3) is 0 Å². The first-order valence-electron chi connectivity index (χ1n) is 8.85. The molecule has 3 aromatic heterocycles. The van der Waals surface area contributed by atoms with E-state index in [-0.39, 0.29) is 5.78 Å². The standard InChI is InChI=1S/C19H24N4OS2/c1-4-6-18-20-19(22-21-18)26-12-17(24)16-11-13(2)23(14(16)3)9-8-15-7-5-10-25-15/h5,7,10-11H,4,6,8-9,12H2,1-3H3,(H,20,21,22). The van der Waals surface area contributed by atoms with Gasteiger partial charge >= 0.3 is 0 Å². The number of carbonyl (C=O) groups excluding carboxylic acids is 1. The van der Waals surface area contributed by atoms with Gasteiger partial charge < -0.3 is 4.57 Å². The topological polar surface area (TPSA) is 63.6 Å². The summed E-state index contributed by atoms with van der Waals surface area (Å²) in [4.78, 5) is 18.4. The summed E-state index contributed by atoms with van der Waals surface area (Å²) in [5, 5.41) is 9.85. The fourth-order valence-electron chi connectivity index (χ4n) is 3.00. The molecule has 0 aromatic carbocycles. The van der Waals surface area contributed by atoms with Crippen molar-refractivity contribution in [1.29, 1.82) is 0 Å². The molecule has 0 fully saturated rings. The number of hydrogen-bond donors (Lipinski definition) is 1. The fourth-order valence-corrected chi connectivity index (χ4v) is 4.40. The van der Waals surface area contributed by atoms with Crippen molar-refractivity contribution in [3.8, 4) is 0 Å². The summed E-state index contributed by atoms with van der Waals surface area (Å²) in [7, 11) is 0. The Bertz CT molecular complexity index is 864. The number of thioether (sulfide) groups is 1. The third-order valence-electron chi connectivity index (χ3n) is 4.37. The molecular formula is C19H24N4OS2. The maximum absolute atomic E-state index is 12.7. The number of aryl methyl sites for hydroxylation is 3. The summed E-state index contributed by atoms with van der Waals surface area (Å²) < 4.78 is 2.24. The lowest BCUT2D eigenvalue weighted by Gasteiger charge is -2.09. The van der Waals surface area contributed by atoms with Gasteiger partial charge in [0.05, 0.1) is 5.75 Å². The lowest BCUT2D eigenvalue weighted by molar-refractivity contribution is 0.102. The van der Waals surface area contributed by atoms with Crippen LogP contribution in [-0.2, 0) is 19.4 Å². The third-order valence-corrected chi connectivity index (χ3v) is 6.15. The van der Waals surface area contributed by atoms with Gasteiger partial charge in [-0.1, -0.05) is 24.8 Å². The molecule has 26 heavy (non-hydrogen) atoms. The minimum Gasteiger partial charge on any atom is -0.348 e. The van der Waals surface area contributed by atoms with Gasteiger partial charge in [0, 0.05) is 34.8 Å². The van der Waals surface area contributed by atoms with E-state index in [1.54, 1.807) is 11.3 Å². The SMILES string of the molecule is CCCc1nc(SCC(=O)c2cc(C)n(CCc3cccs3)c2C)n[nH]1. The second-order valence-corrected chi connectivity index (χ2v) is 8.27. The van der Waals surface area contributed by atoms with Crippen LogP contribution in [0.15, 0.2) is 28.7 Å². The van der Waals surface area contributed by atoms with Gasteiger partial charge in [0.2, 0.25) is 5.16 Å². The highest BCUT2D eigenvalue weighted by Crippen LogP contribution is 2.21. The first-order chi connectivity index (χ1) is 12.6. The Labute approximate surface area is 162 Å². The van der Waals surface area contributed by atoms with Crippen LogP contribution in [0.4, 0.5) is 0 Å². The molecule has 3 rings (SSSR count). The van der Waals surface area contributed by atoms with Crippen molar-refractivity contribution >= 4 is 28.9 Å². The van der Waals surface area contributed by atoms with E-state index in [0.29, 0.717) is 10.9 Å². The number of Topliss-reactive ketones (excluding diaryl/α,β-unsaturated/α-hetero) is 1. The number of nitrogens with one attached hydrogen (secondary N) is 1. The quantitative estimate of drug-likeness (QED) is 0.434. The molecule has 3 aromatic rings. The van der Waals surface area contributed by atoms with Crippen molar-refractivity contribution in [3.63, 3.8) is 0 Å². The van der Waals surface area contributed by atoms with Crippen molar-refractivity contribution in [1.82, 2.24) is 19.7 Å². The molecule has 0 aliphatic heterocycles. The lowest BCUT2D eigenvalue weighted by atomic mass is 10.2. The molecule has 138 valence electrons. The average Bonchev–Trinajstić information content (AvgIpc) is 3.34. The van der Waals surface area contributed by atoms with Gasteiger partial charge in [-0.25, -0.2) is 4.98 Å². The highest BCUT2D eigenvalue weighted by molar-refractivity contribution is 7.99. The van der Waals surface area contributed by atoms with Gasteiger partial charge in [0.1, 0.15) is 5.82 Å². The van der Waals surface area contributed by atoms with E-state index < -0.39 is 0 Å². The number of rotatable bonds is 9. The predicted octanol–water partition coefficient (Wildman–Crippen LogP) is 4.45. The molecular weight excluding hydrogens is 364 g/mol. The van der Waals surface area contributed by atoms with E-state index >= 15 is 0 Å². The Morgan fingerprint density at radius 3 is 2.92 bits per heavy atom. The average molecular weight is 389 g/mol. The maximum Gasteiger partial charge on any atom is 0.208 e. The van der Waals surface area contributed by atoms with Crippen molar-refractivity contribution in [2.45, 2.75) is 51.7 Å². The van der Waals surface area contributed by atoms with E-state index in [9.17, 15) is 4.79 Å². The Hall–Kier alpha value is -1.86.